The summed E-state index contributed by atoms with van der Waals surface area (Å²) >= 11 is 5.71. The Morgan fingerprint density at radius 2 is 1.93 bits per heavy atom. The van der Waals surface area contributed by atoms with Gasteiger partial charge in [-0.1, -0.05) is 41.4 Å². The topological polar surface area (TPSA) is 89.8 Å². The Bertz CT molecular complexity index is 1320. The number of nitrogens with zero attached hydrogens (tertiary/aromatic N) is 4. The number of fused-ring (bicyclic) bond motifs is 1. The van der Waals surface area contributed by atoms with Crippen LogP contribution in [0.15, 0.2) is 59.8 Å². The van der Waals surface area contributed by atoms with Gasteiger partial charge in [-0.05, 0) is 25.1 Å². The molecule has 0 unspecified atom stereocenters. The molecule has 2 aromatic heterocycles. The molecule has 7 nitrogen and oxygen atoms in total. The van der Waals surface area contributed by atoms with Crippen LogP contribution in [0.4, 0.5) is 10.1 Å². The van der Waals surface area contributed by atoms with E-state index in [0.717, 1.165) is 21.8 Å². The summed E-state index contributed by atoms with van der Waals surface area (Å²) in [6, 6.07) is 11.5. The summed E-state index contributed by atoms with van der Waals surface area (Å²) in [5.41, 5.74) is 2.04. The Hall–Kier alpha value is -3.65. The van der Waals surface area contributed by atoms with E-state index in [-0.39, 0.29) is 22.6 Å². The third kappa shape index (κ3) is 4.04. The molecule has 9 heteroatoms. The van der Waals surface area contributed by atoms with Crippen molar-refractivity contribution < 1.29 is 9.18 Å². The largest absolute Gasteiger partial charge is 0.324 e. The van der Waals surface area contributed by atoms with Gasteiger partial charge in [0.05, 0.1) is 5.02 Å². The average Bonchev–Trinajstić information content (AvgIpc) is 2.73. The Morgan fingerprint density at radius 1 is 1.17 bits per heavy atom. The second-order valence-corrected chi connectivity index (χ2v) is 7.06. The molecule has 0 saturated heterocycles. The number of carbonyl (C=O) groups excluding carboxylic acids is 1. The maximum atomic E-state index is 13.2. The SMILES string of the molecule is Cc1ccc(-c2ncc3c(=O)n(CC(=O)Nc4ccc(F)c(Cl)c4)cnc3n2)cc1. The first-order valence-electron chi connectivity index (χ1n) is 8.95. The number of benzene rings is 2. The molecule has 150 valence electrons. The number of halogens is 2. The molecule has 2 heterocycles. The van der Waals surface area contributed by atoms with E-state index >= 15 is 0 Å². The minimum Gasteiger partial charge on any atom is -0.324 e. The molecule has 1 N–H and O–H groups in total. The quantitative estimate of drug-likeness (QED) is 0.541. The van der Waals surface area contributed by atoms with E-state index in [1.165, 1.54) is 24.7 Å². The summed E-state index contributed by atoms with van der Waals surface area (Å²) in [7, 11) is 0. The Kier molecular flexibility index (Phi) is 5.24. The number of carbonyl (C=O) groups is 1. The van der Waals surface area contributed by atoms with Crippen molar-refractivity contribution in [1.29, 1.82) is 0 Å². The summed E-state index contributed by atoms with van der Waals surface area (Å²) < 4.78 is 14.4. The van der Waals surface area contributed by atoms with Gasteiger partial charge in [0.25, 0.3) is 5.56 Å². The van der Waals surface area contributed by atoms with Crippen LogP contribution in [0.25, 0.3) is 22.4 Å². The lowest BCUT2D eigenvalue weighted by Gasteiger charge is -2.09. The molecule has 0 aliphatic carbocycles. The number of nitrogens with one attached hydrogen (secondary N) is 1. The Balaban J connectivity index is 1.57. The minimum atomic E-state index is -0.588. The maximum Gasteiger partial charge on any atom is 0.264 e. The number of hydrogen-bond donors (Lipinski definition) is 1. The third-order valence-electron chi connectivity index (χ3n) is 4.41. The summed E-state index contributed by atoms with van der Waals surface area (Å²) in [5, 5.41) is 2.65. The zero-order valence-corrected chi connectivity index (χ0v) is 16.5. The molecule has 0 atom stereocenters. The normalized spacial score (nSPS) is 10.9. The van der Waals surface area contributed by atoms with Gasteiger partial charge in [-0.3, -0.25) is 14.2 Å². The lowest BCUT2D eigenvalue weighted by atomic mass is 10.1. The number of amides is 1. The second kappa shape index (κ2) is 8.00. The fourth-order valence-corrected chi connectivity index (χ4v) is 3.02. The van der Waals surface area contributed by atoms with Crippen molar-refractivity contribution in [2.75, 3.05) is 5.32 Å². The molecule has 0 saturated carbocycles. The van der Waals surface area contributed by atoms with Crippen LogP contribution in [0.5, 0.6) is 0 Å². The van der Waals surface area contributed by atoms with Crippen molar-refractivity contribution in [3.05, 3.63) is 81.7 Å². The first-order valence-corrected chi connectivity index (χ1v) is 9.32. The van der Waals surface area contributed by atoms with E-state index in [4.69, 9.17) is 11.6 Å². The van der Waals surface area contributed by atoms with Gasteiger partial charge in [-0.2, -0.15) is 0 Å². The highest BCUT2D eigenvalue weighted by Gasteiger charge is 2.12. The number of rotatable bonds is 4. The molecule has 0 fully saturated rings. The van der Waals surface area contributed by atoms with Gasteiger partial charge in [-0.25, -0.2) is 19.3 Å². The minimum absolute atomic E-state index is 0.112. The highest BCUT2D eigenvalue weighted by Crippen LogP contribution is 2.19. The predicted octanol–water partition coefficient (Wildman–Crippen LogP) is 3.59. The van der Waals surface area contributed by atoms with Gasteiger partial charge in [0.2, 0.25) is 5.91 Å². The third-order valence-corrected chi connectivity index (χ3v) is 4.70. The number of aromatic nitrogens is 4. The van der Waals surface area contributed by atoms with Crippen molar-refractivity contribution in [3.8, 4) is 11.4 Å². The molecule has 2 aromatic carbocycles. The summed E-state index contributed by atoms with van der Waals surface area (Å²) in [5.74, 6) is -0.620. The highest BCUT2D eigenvalue weighted by atomic mass is 35.5. The molecular weight excluding hydrogens is 409 g/mol. The number of anilines is 1. The summed E-state index contributed by atoms with van der Waals surface area (Å²) in [6.45, 7) is 1.70. The van der Waals surface area contributed by atoms with Gasteiger partial charge < -0.3 is 5.32 Å². The van der Waals surface area contributed by atoms with Crippen molar-refractivity contribution >= 4 is 34.2 Å². The average molecular weight is 424 g/mol. The molecule has 30 heavy (non-hydrogen) atoms. The van der Waals surface area contributed by atoms with Gasteiger partial charge in [-0.15, -0.1) is 0 Å². The van der Waals surface area contributed by atoms with Crippen LogP contribution in [-0.2, 0) is 11.3 Å². The smallest absolute Gasteiger partial charge is 0.264 e. The maximum absolute atomic E-state index is 13.2. The van der Waals surface area contributed by atoms with E-state index in [9.17, 15) is 14.0 Å². The van der Waals surface area contributed by atoms with Crippen LogP contribution in [0.2, 0.25) is 5.02 Å². The van der Waals surface area contributed by atoms with Crippen molar-refractivity contribution in [2.45, 2.75) is 13.5 Å². The molecular formula is C21H15ClFN5O2. The van der Waals surface area contributed by atoms with Gasteiger partial charge >= 0.3 is 0 Å². The van der Waals surface area contributed by atoms with Crippen LogP contribution < -0.4 is 10.9 Å². The van der Waals surface area contributed by atoms with Crippen molar-refractivity contribution in [1.82, 2.24) is 19.5 Å². The molecule has 0 spiro atoms. The van der Waals surface area contributed by atoms with Crippen LogP contribution in [-0.4, -0.2) is 25.4 Å². The molecule has 0 radical (unpaired) electrons. The number of aryl methyl sites for hydroxylation is 1. The van der Waals surface area contributed by atoms with Crippen LogP contribution in [0, 0.1) is 12.7 Å². The van der Waals surface area contributed by atoms with E-state index in [0.29, 0.717) is 11.5 Å². The number of hydrogen-bond acceptors (Lipinski definition) is 5. The van der Waals surface area contributed by atoms with E-state index < -0.39 is 17.3 Å². The highest BCUT2D eigenvalue weighted by molar-refractivity contribution is 6.31. The van der Waals surface area contributed by atoms with Crippen molar-refractivity contribution in [3.63, 3.8) is 0 Å². The van der Waals surface area contributed by atoms with Gasteiger partial charge in [0.1, 0.15) is 24.1 Å². The summed E-state index contributed by atoms with van der Waals surface area (Å²) in [4.78, 5) is 37.8. The van der Waals surface area contributed by atoms with E-state index in [1.807, 2.05) is 31.2 Å². The molecule has 0 aliphatic heterocycles. The standard InChI is InChI=1S/C21H15ClFN5O2/c1-12-2-4-13(5-3-12)19-24-9-15-20(27-19)25-11-28(21(15)30)10-18(29)26-14-6-7-17(23)16(22)8-14/h2-9,11H,10H2,1H3,(H,26,29). The lowest BCUT2D eigenvalue weighted by Crippen LogP contribution is -2.28. The molecule has 0 bridgehead atoms. The predicted molar refractivity (Wildman–Crippen MR) is 112 cm³/mol. The zero-order chi connectivity index (χ0) is 21.3. The molecule has 4 rings (SSSR count). The van der Waals surface area contributed by atoms with Crippen LogP contribution in [0.1, 0.15) is 5.56 Å². The first kappa shape index (κ1) is 19.7. The fraction of sp³-hybridized carbons (Fsp3) is 0.0952. The van der Waals surface area contributed by atoms with Crippen molar-refractivity contribution in [2.24, 2.45) is 0 Å². The fourth-order valence-electron chi connectivity index (χ4n) is 2.84. The molecule has 4 aromatic rings. The molecule has 1 amide bonds. The Labute approximate surface area is 175 Å². The van der Waals surface area contributed by atoms with Crippen LogP contribution >= 0.6 is 11.6 Å². The molecule has 0 aliphatic rings. The van der Waals surface area contributed by atoms with Gasteiger partial charge in [0.15, 0.2) is 11.5 Å². The zero-order valence-electron chi connectivity index (χ0n) is 15.8. The van der Waals surface area contributed by atoms with E-state index in [2.05, 4.69) is 20.3 Å². The van der Waals surface area contributed by atoms with Crippen LogP contribution in [0.3, 0.4) is 0 Å². The Morgan fingerprint density at radius 3 is 2.67 bits per heavy atom. The lowest BCUT2D eigenvalue weighted by molar-refractivity contribution is -0.116. The first-order chi connectivity index (χ1) is 14.4. The second-order valence-electron chi connectivity index (χ2n) is 6.65. The summed E-state index contributed by atoms with van der Waals surface area (Å²) in [6.07, 6.45) is 2.66. The van der Waals surface area contributed by atoms with Gasteiger partial charge in [0, 0.05) is 17.4 Å². The van der Waals surface area contributed by atoms with E-state index in [1.54, 1.807) is 0 Å². The monoisotopic (exact) mass is 423 g/mol.